The third kappa shape index (κ3) is 5.88. The molecule has 0 radical (unpaired) electrons. The Labute approximate surface area is 58.2 Å². The van der Waals surface area contributed by atoms with E-state index in [1.807, 2.05) is 0 Å². The zero-order valence-corrected chi connectivity index (χ0v) is 6.03. The Bertz CT molecular complexity index is 89.5. The minimum atomic E-state index is -4.10. The SMILES string of the molecule is CCOC(C)CC(F)(F)F. The first kappa shape index (κ1) is 9.75. The van der Waals surface area contributed by atoms with E-state index in [1.54, 1.807) is 6.92 Å². The first-order chi connectivity index (χ1) is 4.45. The van der Waals surface area contributed by atoms with Gasteiger partial charge < -0.3 is 4.74 Å². The Morgan fingerprint density at radius 2 is 1.90 bits per heavy atom. The summed E-state index contributed by atoms with van der Waals surface area (Å²) in [4.78, 5) is 0. The minimum Gasteiger partial charge on any atom is -0.378 e. The molecule has 0 heterocycles. The largest absolute Gasteiger partial charge is 0.391 e. The molecule has 0 aromatic heterocycles. The van der Waals surface area contributed by atoms with Gasteiger partial charge in [0, 0.05) is 6.61 Å². The zero-order valence-electron chi connectivity index (χ0n) is 6.03. The van der Waals surface area contributed by atoms with Crippen LogP contribution >= 0.6 is 0 Å². The van der Waals surface area contributed by atoms with Crippen molar-refractivity contribution in [3.05, 3.63) is 0 Å². The van der Waals surface area contributed by atoms with Crippen LogP contribution in [0.4, 0.5) is 13.2 Å². The summed E-state index contributed by atoms with van der Waals surface area (Å²) >= 11 is 0. The maximum absolute atomic E-state index is 11.5. The first-order valence-corrected chi connectivity index (χ1v) is 3.14. The number of halogens is 3. The van der Waals surface area contributed by atoms with Crippen LogP contribution in [0.1, 0.15) is 20.3 Å². The molecule has 0 amide bonds. The molecule has 0 aliphatic carbocycles. The molecule has 0 saturated carbocycles. The van der Waals surface area contributed by atoms with Crippen LogP contribution in [0.3, 0.4) is 0 Å². The molecule has 0 rings (SSSR count). The van der Waals surface area contributed by atoms with Gasteiger partial charge in [0.2, 0.25) is 0 Å². The molecule has 0 aliphatic heterocycles. The van der Waals surface area contributed by atoms with Crippen LogP contribution < -0.4 is 0 Å². The van der Waals surface area contributed by atoms with Gasteiger partial charge in [0.05, 0.1) is 12.5 Å². The second kappa shape index (κ2) is 3.81. The zero-order chi connectivity index (χ0) is 8.20. The number of rotatable bonds is 3. The van der Waals surface area contributed by atoms with Gasteiger partial charge in [-0.1, -0.05) is 0 Å². The summed E-state index contributed by atoms with van der Waals surface area (Å²) < 4.78 is 39.3. The van der Waals surface area contributed by atoms with E-state index in [2.05, 4.69) is 0 Å². The third-order valence-electron chi connectivity index (χ3n) is 0.970. The van der Waals surface area contributed by atoms with Crippen LogP contribution in [-0.2, 0) is 4.74 Å². The Balaban J connectivity index is 3.47. The fourth-order valence-electron chi connectivity index (χ4n) is 0.669. The van der Waals surface area contributed by atoms with Crippen LogP contribution in [0.2, 0.25) is 0 Å². The maximum Gasteiger partial charge on any atom is 0.391 e. The lowest BCUT2D eigenvalue weighted by atomic mass is 10.3. The molecule has 0 aromatic carbocycles. The van der Waals surface area contributed by atoms with Crippen LogP contribution in [0.5, 0.6) is 0 Å². The van der Waals surface area contributed by atoms with E-state index in [4.69, 9.17) is 4.74 Å². The van der Waals surface area contributed by atoms with Gasteiger partial charge in [-0.3, -0.25) is 0 Å². The standard InChI is InChI=1S/C6H11F3O/c1-3-10-5(2)4-6(7,8)9/h5H,3-4H2,1-2H3. The van der Waals surface area contributed by atoms with Crippen LogP contribution in [0.25, 0.3) is 0 Å². The van der Waals surface area contributed by atoms with Crippen molar-refractivity contribution in [1.29, 1.82) is 0 Å². The number of hydrogen-bond acceptors (Lipinski definition) is 1. The lowest BCUT2D eigenvalue weighted by Crippen LogP contribution is -2.19. The summed E-state index contributed by atoms with van der Waals surface area (Å²) in [6, 6.07) is 0. The molecule has 10 heavy (non-hydrogen) atoms. The van der Waals surface area contributed by atoms with Crippen LogP contribution in [-0.4, -0.2) is 18.9 Å². The van der Waals surface area contributed by atoms with Crippen molar-refractivity contribution in [2.45, 2.75) is 32.5 Å². The predicted molar refractivity (Wildman–Crippen MR) is 31.8 cm³/mol. The predicted octanol–water partition coefficient (Wildman–Crippen LogP) is 2.36. The van der Waals surface area contributed by atoms with Crippen molar-refractivity contribution >= 4 is 0 Å². The summed E-state index contributed by atoms with van der Waals surface area (Å²) in [5, 5.41) is 0. The lowest BCUT2D eigenvalue weighted by molar-refractivity contribution is -0.157. The number of hydrogen-bond donors (Lipinski definition) is 0. The van der Waals surface area contributed by atoms with Gasteiger partial charge in [0.15, 0.2) is 0 Å². The highest BCUT2D eigenvalue weighted by Crippen LogP contribution is 2.22. The Morgan fingerprint density at radius 1 is 1.40 bits per heavy atom. The Kier molecular flexibility index (Phi) is 3.71. The van der Waals surface area contributed by atoms with Gasteiger partial charge in [-0.25, -0.2) is 0 Å². The fraction of sp³-hybridized carbons (Fsp3) is 1.00. The molecular weight excluding hydrogens is 145 g/mol. The van der Waals surface area contributed by atoms with Crippen molar-refractivity contribution in [3.63, 3.8) is 0 Å². The van der Waals surface area contributed by atoms with E-state index < -0.39 is 18.7 Å². The van der Waals surface area contributed by atoms with Crippen molar-refractivity contribution in [2.24, 2.45) is 0 Å². The molecule has 0 spiro atoms. The molecule has 0 N–H and O–H groups in total. The summed E-state index contributed by atoms with van der Waals surface area (Å²) in [7, 11) is 0. The van der Waals surface area contributed by atoms with Gasteiger partial charge in [0.25, 0.3) is 0 Å². The normalized spacial score (nSPS) is 15.3. The number of ether oxygens (including phenoxy) is 1. The maximum atomic E-state index is 11.5. The average molecular weight is 156 g/mol. The topological polar surface area (TPSA) is 9.23 Å². The summed E-state index contributed by atoms with van der Waals surface area (Å²) in [6.45, 7) is 3.42. The van der Waals surface area contributed by atoms with Gasteiger partial charge >= 0.3 is 6.18 Å². The first-order valence-electron chi connectivity index (χ1n) is 3.14. The quantitative estimate of drug-likeness (QED) is 0.609. The van der Waals surface area contributed by atoms with Gasteiger partial charge in [-0.05, 0) is 13.8 Å². The van der Waals surface area contributed by atoms with Gasteiger partial charge in [-0.15, -0.1) is 0 Å². The fourth-order valence-corrected chi connectivity index (χ4v) is 0.669. The summed E-state index contributed by atoms with van der Waals surface area (Å²) in [5.74, 6) is 0. The van der Waals surface area contributed by atoms with E-state index in [-0.39, 0.29) is 0 Å². The van der Waals surface area contributed by atoms with Crippen molar-refractivity contribution in [3.8, 4) is 0 Å². The van der Waals surface area contributed by atoms with E-state index in [9.17, 15) is 13.2 Å². The minimum absolute atomic E-state index is 0.331. The molecule has 0 saturated heterocycles. The average Bonchev–Trinajstić information content (AvgIpc) is 1.59. The van der Waals surface area contributed by atoms with E-state index in [1.165, 1.54) is 6.92 Å². The highest BCUT2D eigenvalue weighted by molar-refractivity contribution is 4.57. The molecule has 1 atom stereocenters. The lowest BCUT2D eigenvalue weighted by Gasteiger charge is -2.13. The van der Waals surface area contributed by atoms with E-state index >= 15 is 0 Å². The Hall–Kier alpha value is -0.250. The van der Waals surface area contributed by atoms with Gasteiger partial charge in [-0.2, -0.15) is 13.2 Å². The highest BCUT2D eigenvalue weighted by Gasteiger charge is 2.29. The van der Waals surface area contributed by atoms with Crippen LogP contribution in [0, 0.1) is 0 Å². The second-order valence-electron chi connectivity index (χ2n) is 2.09. The molecule has 62 valence electrons. The molecule has 4 heteroatoms. The molecule has 0 bridgehead atoms. The summed E-state index contributed by atoms with van der Waals surface area (Å²) in [6.07, 6.45) is -5.68. The van der Waals surface area contributed by atoms with Crippen molar-refractivity contribution in [1.82, 2.24) is 0 Å². The van der Waals surface area contributed by atoms with Crippen molar-refractivity contribution < 1.29 is 17.9 Å². The van der Waals surface area contributed by atoms with Crippen LogP contribution in [0.15, 0.2) is 0 Å². The molecular formula is C6H11F3O. The van der Waals surface area contributed by atoms with E-state index in [0.29, 0.717) is 6.61 Å². The third-order valence-corrected chi connectivity index (χ3v) is 0.970. The van der Waals surface area contributed by atoms with E-state index in [0.717, 1.165) is 0 Å². The molecule has 1 unspecified atom stereocenters. The molecule has 0 fully saturated rings. The second-order valence-corrected chi connectivity index (χ2v) is 2.09. The summed E-state index contributed by atoms with van der Waals surface area (Å²) in [5.41, 5.74) is 0. The molecule has 0 aliphatic rings. The molecule has 0 aromatic rings. The van der Waals surface area contributed by atoms with Gasteiger partial charge in [0.1, 0.15) is 0 Å². The van der Waals surface area contributed by atoms with Crippen molar-refractivity contribution in [2.75, 3.05) is 6.61 Å². The molecule has 1 nitrogen and oxygen atoms in total. The smallest absolute Gasteiger partial charge is 0.378 e. The highest BCUT2D eigenvalue weighted by atomic mass is 19.4. The number of alkyl halides is 3. The Morgan fingerprint density at radius 3 is 2.20 bits per heavy atom. The monoisotopic (exact) mass is 156 g/mol.